The molecule has 0 spiro atoms. The van der Waals surface area contributed by atoms with Crippen molar-refractivity contribution >= 4 is 6.21 Å². The van der Waals surface area contributed by atoms with Crippen molar-refractivity contribution in [3.63, 3.8) is 0 Å². The lowest BCUT2D eigenvalue weighted by Crippen LogP contribution is -2.11. The van der Waals surface area contributed by atoms with Crippen LogP contribution in [0.1, 0.15) is 58.4 Å². The van der Waals surface area contributed by atoms with E-state index in [4.69, 9.17) is 4.99 Å². The summed E-state index contributed by atoms with van der Waals surface area (Å²) in [5.41, 5.74) is 1.41. The van der Waals surface area contributed by atoms with Crippen molar-refractivity contribution in [1.82, 2.24) is 0 Å². The van der Waals surface area contributed by atoms with Gasteiger partial charge in [-0.1, -0.05) is 70.4 Å². The third kappa shape index (κ3) is 6.56. The van der Waals surface area contributed by atoms with Gasteiger partial charge in [0.2, 0.25) is 0 Å². The Morgan fingerprint density at radius 1 is 1.11 bits per heavy atom. The van der Waals surface area contributed by atoms with E-state index in [0.29, 0.717) is 12.0 Å². The zero-order valence-electron chi connectivity index (χ0n) is 12.8. The van der Waals surface area contributed by atoms with Crippen LogP contribution in [0.4, 0.5) is 0 Å². The molecule has 0 radical (unpaired) electrons. The quantitative estimate of drug-likeness (QED) is 0.651. The van der Waals surface area contributed by atoms with Crippen LogP contribution in [0.2, 0.25) is 0 Å². The molecule has 1 aromatic rings. The van der Waals surface area contributed by atoms with Crippen molar-refractivity contribution in [2.45, 2.75) is 65.3 Å². The van der Waals surface area contributed by atoms with E-state index in [-0.39, 0.29) is 0 Å². The van der Waals surface area contributed by atoms with Crippen molar-refractivity contribution in [1.29, 1.82) is 0 Å². The van der Waals surface area contributed by atoms with Crippen LogP contribution >= 0.6 is 0 Å². The molecule has 1 heteroatoms. The monoisotopic (exact) mass is 259 g/mol. The van der Waals surface area contributed by atoms with Gasteiger partial charge in [-0.3, -0.25) is 4.99 Å². The summed E-state index contributed by atoms with van der Waals surface area (Å²) in [6.07, 6.45) is 10.0. The minimum Gasteiger partial charge on any atom is -0.294 e. The van der Waals surface area contributed by atoms with E-state index in [0.717, 1.165) is 6.42 Å². The molecule has 1 aliphatic carbocycles. The van der Waals surface area contributed by atoms with Gasteiger partial charge < -0.3 is 0 Å². The van der Waals surface area contributed by atoms with Gasteiger partial charge in [0.25, 0.3) is 0 Å². The fourth-order valence-corrected chi connectivity index (χ4v) is 2.54. The van der Waals surface area contributed by atoms with E-state index in [9.17, 15) is 0 Å². The van der Waals surface area contributed by atoms with Crippen molar-refractivity contribution in [3.05, 3.63) is 35.9 Å². The highest BCUT2D eigenvalue weighted by Crippen LogP contribution is 2.20. The van der Waals surface area contributed by atoms with Crippen LogP contribution in [-0.2, 0) is 6.42 Å². The molecule has 0 N–H and O–H groups in total. The van der Waals surface area contributed by atoms with Crippen LogP contribution in [0.15, 0.2) is 35.3 Å². The standard InChI is InChI=1S/C16H23N.C2H6/c1-14(12-15-8-4-2-5-9-15)13-17-16-10-6-3-7-11-16;1-2/h2,4-5,8-9,13-14,16H,3,6-7,10-12H2,1H3;1-2H3. The normalized spacial score (nSPS) is 17.8. The molecule has 1 unspecified atom stereocenters. The summed E-state index contributed by atoms with van der Waals surface area (Å²) in [6, 6.07) is 11.3. The van der Waals surface area contributed by atoms with Gasteiger partial charge in [0.1, 0.15) is 0 Å². The third-order valence-electron chi connectivity index (χ3n) is 3.53. The summed E-state index contributed by atoms with van der Waals surface area (Å²) in [5, 5.41) is 0. The number of hydrogen-bond acceptors (Lipinski definition) is 1. The molecular formula is C18H29N. The Balaban J connectivity index is 0.000000861. The van der Waals surface area contributed by atoms with Gasteiger partial charge in [0, 0.05) is 12.3 Å². The number of rotatable bonds is 4. The topological polar surface area (TPSA) is 12.4 Å². The Bertz CT molecular complexity index is 336. The molecule has 0 amide bonds. The Labute approximate surface area is 119 Å². The molecule has 0 bridgehead atoms. The first-order chi connectivity index (χ1) is 9.34. The van der Waals surface area contributed by atoms with E-state index in [1.54, 1.807) is 0 Å². The SMILES string of the molecule is CC.CC(C=NC1CCCCC1)Cc1ccccc1. The van der Waals surface area contributed by atoms with E-state index in [1.165, 1.54) is 37.7 Å². The molecule has 1 saturated carbocycles. The smallest absolute Gasteiger partial charge is 0.0495 e. The Hall–Kier alpha value is -1.11. The Morgan fingerprint density at radius 2 is 1.74 bits per heavy atom. The van der Waals surface area contributed by atoms with Crippen LogP contribution in [0.5, 0.6) is 0 Å². The Morgan fingerprint density at radius 3 is 2.37 bits per heavy atom. The molecule has 19 heavy (non-hydrogen) atoms. The molecule has 0 heterocycles. The van der Waals surface area contributed by atoms with E-state index in [2.05, 4.69) is 43.5 Å². The molecule has 1 aliphatic rings. The first-order valence-corrected chi connectivity index (χ1v) is 7.92. The highest BCUT2D eigenvalue weighted by atomic mass is 14.8. The molecule has 106 valence electrons. The second kappa shape index (κ2) is 9.77. The highest BCUT2D eigenvalue weighted by Gasteiger charge is 2.11. The summed E-state index contributed by atoms with van der Waals surface area (Å²) in [5.74, 6) is 0.555. The fourth-order valence-electron chi connectivity index (χ4n) is 2.54. The van der Waals surface area contributed by atoms with E-state index in [1.807, 2.05) is 13.8 Å². The van der Waals surface area contributed by atoms with Gasteiger partial charge in [-0.2, -0.15) is 0 Å². The molecule has 0 aliphatic heterocycles. The minimum absolute atomic E-state index is 0.555. The van der Waals surface area contributed by atoms with Gasteiger partial charge in [-0.25, -0.2) is 0 Å². The molecule has 1 fully saturated rings. The zero-order valence-corrected chi connectivity index (χ0v) is 12.8. The molecule has 1 aromatic carbocycles. The van der Waals surface area contributed by atoms with Crippen LogP contribution in [0.25, 0.3) is 0 Å². The second-order valence-corrected chi connectivity index (χ2v) is 5.26. The maximum atomic E-state index is 4.75. The summed E-state index contributed by atoms with van der Waals surface area (Å²) in [4.78, 5) is 4.75. The fraction of sp³-hybridized carbons (Fsp3) is 0.611. The molecule has 1 nitrogen and oxygen atoms in total. The molecule has 0 saturated heterocycles. The number of nitrogens with zero attached hydrogens (tertiary/aromatic N) is 1. The van der Waals surface area contributed by atoms with E-state index >= 15 is 0 Å². The van der Waals surface area contributed by atoms with Gasteiger partial charge >= 0.3 is 0 Å². The van der Waals surface area contributed by atoms with Crippen molar-refractivity contribution in [2.75, 3.05) is 0 Å². The number of aliphatic imine (C=N–C) groups is 1. The molecule has 0 aromatic heterocycles. The second-order valence-electron chi connectivity index (χ2n) is 5.26. The van der Waals surface area contributed by atoms with Crippen LogP contribution in [0.3, 0.4) is 0 Å². The van der Waals surface area contributed by atoms with Crippen molar-refractivity contribution < 1.29 is 0 Å². The van der Waals surface area contributed by atoms with Crippen LogP contribution < -0.4 is 0 Å². The van der Waals surface area contributed by atoms with Gasteiger partial charge in [-0.15, -0.1) is 0 Å². The average molecular weight is 259 g/mol. The lowest BCUT2D eigenvalue weighted by molar-refractivity contribution is 0.443. The highest BCUT2D eigenvalue weighted by molar-refractivity contribution is 5.61. The molecular weight excluding hydrogens is 230 g/mol. The summed E-state index contributed by atoms with van der Waals surface area (Å²) >= 11 is 0. The number of hydrogen-bond donors (Lipinski definition) is 0. The Kier molecular flexibility index (Phi) is 8.20. The summed E-state index contributed by atoms with van der Waals surface area (Å²) in [7, 11) is 0. The lowest BCUT2D eigenvalue weighted by atomic mass is 9.95. The number of benzene rings is 1. The van der Waals surface area contributed by atoms with Gasteiger partial charge in [0.05, 0.1) is 0 Å². The van der Waals surface area contributed by atoms with Crippen molar-refractivity contribution in [2.24, 2.45) is 10.9 Å². The maximum Gasteiger partial charge on any atom is 0.0495 e. The predicted octanol–water partition coefficient (Wildman–Crippen LogP) is 5.29. The first-order valence-electron chi connectivity index (χ1n) is 7.92. The zero-order chi connectivity index (χ0) is 13.9. The molecule has 2 rings (SSSR count). The van der Waals surface area contributed by atoms with E-state index < -0.39 is 0 Å². The largest absolute Gasteiger partial charge is 0.294 e. The van der Waals surface area contributed by atoms with Crippen LogP contribution in [-0.4, -0.2) is 12.3 Å². The maximum absolute atomic E-state index is 4.75. The average Bonchev–Trinajstić information content (AvgIpc) is 2.49. The third-order valence-corrected chi connectivity index (χ3v) is 3.53. The predicted molar refractivity (Wildman–Crippen MR) is 86.0 cm³/mol. The van der Waals surface area contributed by atoms with Crippen LogP contribution in [0, 0.1) is 5.92 Å². The summed E-state index contributed by atoms with van der Waals surface area (Å²) < 4.78 is 0. The minimum atomic E-state index is 0.555. The summed E-state index contributed by atoms with van der Waals surface area (Å²) in [6.45, 7) is 6.26. The lowest BCUT2D eigenvalue weighted by Gasteiger charge is -2.18. The van der Waals surface area contributed by atoms with Gasteiger partial charge in [0.15, 0.2) is 0 Å². The molecule has 1 atom stereocenters. The van der Waals surface area contributed by atoms with Gasteiger partial charge in [-0.05, 0) is 30.7 Å². The first kappa shape index (κ1) is 15.9. The van der Waals surface area contributed by atoms with Crippen molar-refractivity contribution in [3.8, 4) is 0 Å².